The summed E-state index contributed by atoms with van der Waals surface area (Å²) in [7, 11) is 1.45. The molecule has 0 saturated heterocycles. The SMILES string of the molecule is COc1cc(Cl)nc(NC(=O)CC(C)(C)N)n1. The topological polar surface area (TPSA) is 90.1 Å². The minimum atomic E-state index is -0.591. The Hall–Kier alpha value is -1.40. The molecule has 0 atom stereocenters. The van der Waals surface area contributed by atoms with E-state index < -0.39 is 5.54 Å². The number of carbonyl (C=O) groups is 1. The lowest BCUT2D eigenvalue weighted by Gasteiger charge is -2.17. The van der Waals surface area contributed by atoms with Gasteiger partial charge in [0, 0.05) is 18.0 Å². The molecule has 3 N–H and O–H groups in total. The summed E-state index contributed by atoms with van der Waals surface area (Å²) in [5.74, 6) is 0.109. The number of carbonyl (C=O) groups excluding carboxylic acids is 1. The molecule has 0 bridgehead atoms. The number of aromatic nitrogens is 2. The number of hydrogen-bond acceptors (Lipinski definition) is 5. The predicted molar refractivity (Wildman–Crippen MR) is 65.1 cm³/mol. The van der Waals surface area contributed by atoms with E-state index in [0.29, 0.717) is 0 Å². The largest absolute Gasteiger partial charge is 0.481 e. The molecule has 7 heteroatoms. The third-order valence-corrected chi connectivity index (χ3v) is 1.94. The van der Waals surface area contributed by atoms with Crippen LogP contribution in [0.4, 0.5) is 5.95 Å². The first-order chi connectivity index (χ1) is 7.80. The number of nitrogens with zero attached hydrogens (tertiary/aromatic N) is 2. The molecule has 0 aliphatic heterocycles. The molecule has 1 aromatic heterocycles. The highest BCUT2D eigenvalue weighted by molar-refractivity contribution is 6.29. The van der Waals surface area contributed by atoms with Gasteiger partial charge in [-0.1, -0.05) is 11.6 Å². The van der Waals surface area contributed by atoms with E-state index in [2.05, 4.69) is 15.3 Å². The van der Waals surface area contributed by atoms with Gasteiger partial charge in [0.2, 0.25) is 17.7 Å². The molecular weight excluding hydrogens is 244 g/mol. The van der Waals surface area contributed by atoms with E-state index in [4.69, 9.17) is 22.1 Å². The molecule has 0 fully saturated rings. The lowest BCUT2D eigenvalue weighted by Crippen LogP contribution is -2.36. The van der Waals surface area contributed by atoms with Crippen molar-refractivity contribution >= 4 is 23.5 Å². The van der Waals surface area contributed by atoms with Gasteiger partial charge in [-0.2, -0.15) is 4.98 Å². The van der Waals surface area contributed by atoms with Crippen LogP contribution in [0.25, 0.3) is 0 Å². The molecule has 1 heterocycles. The number of nitrogens with one attached hydrogen (secondary N) is 1. The standard InChI is InChI=1S/C10H15ClN4O2/c1-10(2,12)5-7(16)14-9-13-6(11)4-8(15-9)17-3/h4H,5,12H2,1-3H3,(H,13,14,15,16). The third-order valence-electron chi connectivity index (χ3n) is 1.75. The number of anilines is 1. The summed E-state index contributed by atoms with van der Waals surface area (Å²) in [5.41, 5.74) is 5.13. The van der Waals surface area contributed by atoms with E-state index in [-0.39, 0.29) is 29.3 Å². The van der Waals surface area contributed by atoms with E-state index >= 15 is 0 Å². The summed E-state index contributed by atoms with van der Waals surface area (Å²) < 4.78 is 4.91. The first kappa shape index (κ1) is 13.7. The second-order valence-electron chi connectivity index (χ2n) is 4.27. The molecule has 1 amide bonds. The summed E-state index contributed by atoms with van der Waals surface area (Å²) in [6, 6.07) is 1.45. The Morgan fingerprint density at radius 3 is 2.76 bits per heavy atom. The molecule has 0 saturated carbocycles. The normalized spacial score (nSPS) is 11.1. The second kappa shape index (κ2) is 5.29. The highest BCUT2D eigenvalue weighted by Gasteiger charge is 2.17. The number of methoxy groups -OCH3 is 1. The lowest BCUT2D eigenvalue weighted by molar-refractivity contribution is -0.117. The van der Waals surface area contributed by atoms with Gasteiger partial charge >= 0.3 is 0 Å². The Morgan fingerprint density at radius 2 is 2.24 bits per heavy atom. The van der Waals surface area contributed by atoms with Gasteiger partial charge in [-0.05, 0) is 13.8 Å². The molecule has 0 aliphatic carbocycles. The van der Waals surface area contributed by atoms with E-state index in [1.165, 1.54) is 13.2 Å². The minimum Gasteiger partial charge on any atom is -0.481 e. The van der Waals surface area contributed by atoms with Crippen LogP contribution in [-0.2, 0) is 4.79 Å². The Balaban J connectivity index is 2.74. The van der Waals surface area contributed by atoms with Crippen LogP contribution in [0.15, 0.2) is 6.07 Å². The van der Waals surface area contributed by atoms with Gasteiger partial charge < -0.3 is 10.5 Å². The van der Waals surface area contributed by atoms with E-state index in [1.54, 1.807) is 13.8 Å². The van der Waals surface area contributed by atoms with E-state index in [0.717, 1.165) is 0 Å². The van der Waals surface area contributed by atoms with Gasteiger partial charge in [-0.15, -0.1) is 0 Å². The Kier molecular flexibility index (Phi) is 4.25. The van der Waals surface area contributed by atoms with Crippen LogP contribution in [0.3, 0.4) is 0 Å². The quantitative estimate of drug-likeness (QED) is 0.792. The van der Waals surface area contributed by atoms with Crippen LogP contribution < -0.4 is 15.8 Å². The van der Waals surface area contributed by atoms with Crippen LogP contribution in [0.1, 0.15) is 20.3 Å². The highest BCUT2D eigenvalue weighted by atomic mass is 35.5. The molecule has 0 radical (unpaired) electrons. The van der Waals surface area contributed by atoms with Crippen molar-refractivity contribution in [3.8, 4) is 5.88 Å². The fraction of sp³-hybridized carbons (Fsp3) is 0.500. The number of nitrogens with two attached hydrogens (primary N) is 1. The summed E-state index contributed by atoms with van der Waals surface area (Å²) in [4.78, 5) is 19.4. The van der Waals surface area contributed by atoms with Crippen molar-refractivity contribution in [2.45, 2.75) is 25.8 Å². The molecule has 1 aromatic rings. The summed E-state index contributed by atoms with van der Waals surface area (Å²) in [5, 5.41) is 2.70. The summed E-state index contributed by atoms with van der Waals surface area (Å²) in [6.45, 7) is 3.51. The van der Waals surface area contributed by atoms with Gasteiger partial charge in [-0.25, -0.2) is 4.98 Å². The molecule has 0 aliphatic rings. The van der Waals surface area contributed by atoms with Gasteiger partial charge in [0.1, 0.15) is 5.15 Å². The molecule has 0 unspecified atom stereocenters. The highest BCUT2D eigenvalue weighted by Crippen LogP contribution is 2.16. The van der Waals surface area contributed by atoms with Crippen molar-refractivity contribution < 1.29 is 9.53 Å². The van der Waals surface area contributed by atoms with Crippen molar-refractivity contribution in [2.75, 3.05) is 12.4 Å². The van der Waals surface area contributed by atoms with E-state index in [1.807, 2.05) is 0 Å². The smallest absolute Gasteiger partial charge is 0.234 e. The number of hydrogen-bond donors (Lipinski definition) is 2. The first-order valence-electron chi connectivity index (χ1n) is 4.97. The van der Waals surface area contributed by atoms with Crippen molar-refractivity contribution in [1.82, 2.24) is 9.97 Å². The molecule has 0 aromatic carbocycles. The maximum Gasteiger partial charge on any atom is 0.234 e. The Labute approximate surface area is 105 Å². The number of halogens is 1. The Morgan fingerprint density at radius 1 is 1.59 bits per heavy atom. The maximum absolute atomic E-state index is 11.6. The maximum atomic E-state index is 11.6. The zero-order valence-electron chi connectivity index (χ0n) is 9.95. The van der Waals surface area contributed by atoms with Crippen LogP contribution in [0.2, 0.25) is 5.15 Å². The lowest BCUT2D eigenvalue weighted by atomic mass is 10.0. The second-order valence-corrected chi connectivity index (χ2v) is 4.66. The van der Waals surface area contributed by atoms with Crippen LogP contribution in [0.5, 0.6) is 5.88 Å². The fourth-order valence-corrected chi connectivity index (χ4v) is 1.31. The molecule has 17 heavy (non-hydrogen) atoms. The van der Waals surface area contributed by atoms with Crippen molar-refractivity contribution in [1.29, 1.82) is 0 Å². The van der Waals surface area contributed by atoms with Crippen molar-refractivity contribution in [3.05, 3.63) is 11.2 Å². The number of ether oxygens (including phenoxy) is 1. The molecule has 94 valence electrons. The van der Waals surface area contributed by atoms with Crippen LogP contribution >= 0.6 is 11.6 Å². The van der Waals surface area contributed by atoms with Gasteiger partial charge in [0.25, 0.3) is 0 Å². The fourth-order valence-electron chi connectivity index (χ4n) is 1.14. The minimum absolute atomic E-state index is 0.101. The average Bonchev–Trinajstić information content (AvgIpc) is 2.13. The molecule has 1 rings (SSSR count). The zero-order chi connectivity index (χ0) is 13.1. The molecule has 6 nitrogen and oxygen atoms in total. The summed E-state index contributed by atoms with van der Waals surface area (Å²) >= 11 is 5.74. The zero-order valence-corrected chi connectivity index (χ0v) is 10.7. The van der Waals surface area contributed by atoms with Gasteiger partial charge in [0.15, 0.2) is 0 Å². The van der Waals surface area contributed by atoms with Crippen molar-refractivity contribution in [2.24, 2.45) is 5.73 Å². The van der Waals surface area contributed by atoms with Gasteiger partial charge in [0.05, 0.1) is 7.11 Å². The van der Waals surface area contributed by atoms with Crippen LogP contribution in [-0.4, -0.2) is 28.5 Å². The predicted octanol–water partition coefficient (Wildman–Crippen LogP) is 1.20. The monoisotopic (exact) mass is 258 g/mol. The average molecular weight is 259 g/mol. The number of rotatable bonds is 4. The first-order valence-corrected chi connectivity index (χ1v) is 5.35. The summed E-state index contributed by atoms with van der Waals surface area (Å²) in [6.07, 6.45) is 0.158. The third kappa shape index (κ3) is 4.97. The van der Waals surface area contributed by atoms with Crippen LogP contribution in [0, 0.1) is 0 Å². The van der Waals surface area contributed by atoms with E-state index in [9.17, 15) is 4.79 Å². The van der Waals surface area contributed by atoms with Gasteiger partial charge in [-0.3, -0.25) is 10.1 Å². The molecular formula is C10H15ClN4O2. The molecule has 0 spiro atoms. The van der Waals surface area contributed by atoms with Crippen molar-refractivity contribution in [3.63, 3.8) is 0 Å². The Bertz CT molecular complexity index is 417. The number of amides is 1.